The smallest absolute Gasteiger partial charge is 0.263 e. The first-order chi connectivity index (χ1) is 13.6. The number of ether oxygens (including phenoxy) is 2. The molecule has 0 saturated heterocycles. The Morgan fingerprint density at radius 2 is 1.61 bits per heavy atom. The van der Waals surface area contributed by atoms with E-state index in [0.717, 1.165) is 5.82 Å². The first-order valence-electron chi connectivity index (χ1n) is 8.92. The monoisotopic (exact) mass is 377 g/mol. The third-order valence-corrected chi connectivity index (χ3v) is 4.34. The molecule has 1 heterocycles. The molecule has 144 valence electrons. The number of amides is 1. The van der Waals surface area contributed by atoms with Crippen LogP contribution in [0.3, 0.4) is 0 Å². The highest BCUT2D eigenvalue weighted by molar-refractivity contribution is 6.08. The highest BCUT2D eigenvalue weighted by Crippen LogP contribution is 2.29. The summed E-state index contributed by atoms with van der Waals surface area (Å²) >= 11 is 0. The van der Waals surface area contributed by atoms with Gasteiger partial charge in [0.25, 0.3) is 5.91 Å². The molecule has 0 radical (unpaired) electrons. The van der Waals surface area contributed by atoms with Crippen molar-refractivity contribution in [3.63, 3.8) is 0 Å². The number of rotatable bonds is 7. The van der Waals surface area contributed by atoms with E-state index in [4.69, 9.17) is 9.47 Å². The summed E-state index contributed by atoms with van der Waals surface area (Å²) in [5.41, 5.74) is 2.09. The minimum absolute atomic E-state index is 0.118. The predicted octanol–water partition coefficient (Wildman–Crippen LogP) is 4.52. The van der Waals surface area contributed by atoms with Gasteiger partial charge in [-0.3, -0.25) is 4.79 Å². The average molecular weight is 377 g/mol. The standard InChI is InChI=1S/C22H23N3O3/c1-15(16-8-5-4-6-9-16)24-20-13-12-17(14-23-20)25-22(26)21-18(27-2)10-7-11-19(21)28-3/h4-15H,1-3H3,(H,23,24)(H,25,26). The van der Waals surface area contributed by atoms with Gasteiger partial charge in [0.2, 0.25) is 0 Å². The predicted molar refractivity (Wildman–Crippen MR) is 110 cm³/mol. The summed E-state index contributed by atoms with van der Waals surface area (Å²) in [7, 11) is 3.03. The summed E-state index contributed by atoms with van der Waals surface area (Å²) in [6.45, 7) is 2.07. The van der Waals surface area contributed by atoms with Crippen LogP contribution in [0.15, 0.2) is 66.9 Å². The minimum atomic E-state index is -0.325. The van der Waals surface area contributed by atoms with Crippen molar-refractivity contribution in [3.8, 4) is 11.5 Å². The van der Waals surface area contributed by atoms with Gasteiger partial charge in [-0.15, -0.1) is 0 Å². The molecule has 6 heteroatoms. The van der Waals surface area contributed by atoms with Gasteiger partial charge < -0.3 is 20.1 Å². The number of pyridine rings is 1. The molecule has 0 saturated carbocycles. The molecule has 3 aromatic rings. The topological polar surface area (TPSA) is 72.5 Å². The molecule has 1 aromatic heterocycles. The highest BCUT2D eigenvalue weighted by Gasteiger charge is 2.18. The zero-order chi connectivity index (χ0) is 19.9. The molecular formula is C22H23N3O3. The van der Waals surface area contributed by atoms with Crippen molar-refractivity contribution in [3.05, 3.63) is 78.0 Å². The molecule has 1 atom stereocenters. The maximum absolute atomic E-state index is 12.7. The van der Waals surface area contributed by atoms with E-state index in [0.29, 0.717) is 22.7 Å². The summed E-state index contributed by atoms with van der Waals surface area (Å²) < 4.78 is 10.6. The largest absolute Gasteiger partial charge is 0.496 e. The van der Waals surface area contributed by atoms with E-state index < -0.39 is 0 Å². The maximum atomic E-state index is 12.7. The van der Waals surface area contributed by atoms with Gasteiger partial charge in [0, 0.05) is 6.04 Å². The van der Waals surface area contributed by atoms with E-state index in [-0.39, 0.29) is 11.9 Å². The molecule has 2 aromatic carbocycles. The van der Waals surface area contributed by atoms with Crippen LogP contribution in [0.2, 0.25) is 0 Å². The Morgan fingerprint density at radius 1 is 0.929 bits per heavy atom. The molecule has 28 heavy (non-hydrogen) atoms. The maximum Gasteiger partial charge on any atom is 0.263 e. The minimum Gasteiger partial charge on any atom is -0.496 e. The molecule has 0 spiro atoms. The van der Waals surface area contributed by atoms with E-state index in [1.165, 1.54) is 19.8 Å². The molecular weight excluding hydrogens is 354 g/mol. The van der Waals surface area contributed by atoms with Gasteiger partial charge in [-0.25, -0.2) is 4.98 Å². The van der Waals surface area contributed by atoms with E-state index in [1.54, 1.807) is 30.5 Å². The number of hydrogen-bond acceptors (Lipinski definition) is 5. The van der Waals surface area contributed by atoms with Crippen molar-refractivity contribution in [1.29, 1.82) is 0 Å². The van der Waals surface area contributed by atoms with Crippen molar-refractivity contribution >= 4 is 17.4 Å². The summed E-state index contributed by atoms with van der Waals surface area (Å²) in [5.74, 6) is 1.29. The third kappa shape index (κ3) is 4.40. The van der Waals surface area contributed by atoms with Crippen molar-refractivity contribution in [2.24, 2.45) is 0 Å². The number of nitrogens with one attached hydrogen (secondary N) is 2. The van der Waals surface area contributed by atoms with Gasteiger partial charge in [-0.05, 0) is 36.8 Å². The normalized spacial score (nSPS) is 11.4. The number of nitrogens with zero attached hydrogens (tertiary/aromatic N) is 1. The molecule has 6 nitrogen and oxygen atoms in total. The first kappa shape index (κ1) is 19.2. The number of carbonyl (C=O) groups is 1. The third-order valence-electron chi connectivity index (χ3n) is 4.34. The van der Waals surface area contributed by atoms with Crippen LogP contribution in [0.5, 0.6) is 11.5 Å². The van der Waals surface area contributed by atoms with Gasteiger partial charge in [-0.1, -0.05) is 36.4 Å². The highest BCUT2D eigenvalue weighted by atomic mass is 16.5. The Kier molecular flexibility index (Phi) is 6.11. The number of aromatic nitrogens is 1. The lowest BCUT2D eigenvalue weighted by molar-refractivity contribution is 0.102. The molecule has 2 N–H and O–H groups in total. The van der Waals surface area contributed by atoms with E-state index >= 15 is 0 Å². The van der Waals surface area contributed by atoms with E-state index in [9.17, 15) is 4.79 Å². The number of anilines is 2. The second-order valence-corrected chi connectivity index (χ2v) is 6.20. The van der Waals surface area contributed by atoms with Crippen molar-refractivity contribution in [2.75, 3.05) is 24.9 Å². The second kappa shape index (κ2) is 8.90. The molecule has 0 aliphatic rings. The lowest BCUT2D eigenvalue weighted by Crippen LogP contribution is -2.15. The first-order valence-corrected chi connectivity index (χ1v) is 8.92. The lowest BCUT2D eigenvalue weighted by atomic mass is 10.1. The fourth-order valence-electron chi connectivity index (χ4n) is 2.87. The summed E-state index contributed by atoms with van der Waals surface area (Å²) in [5, 5.41) is 6.17. The number of hydrogen-bond donors (Lipinski definition) is 2. The van der Waals surface area contributed by atoms with E-state index in [1.807, 2.05) is 24.3 Å². The molecule has 0 bridgehead atoms. The zero-order valence-corrected chi connectivity index (χ0v) is 16.1. The van der Waals surface area contributed by atoms with Gasteiger partial charge in [0.15, 0.2) is 0 Å². The Balaban J connectivity index is 1.70. The fourth-order valence-corrected chi connectivity index (χ4v) is 2.87. The van der Waals surface area contributed by atoms with Crippen molar-refractivity contribution < 1.29 is 14.3 Å². The van der Waals surface area contributed by atoms with E-state index in [2.05, 4.69) is 34.7 Å². The Labute approximate surface area is 164 Å². The van der Waals surface area contributed by atoms with Gasteiger partial charge in [0.05, 0.1) is 26.1 Å². The summed E-state index contributed by atoms with van der Waals surface area (Å²) in [6.07, 6.45) is 1.61. The van der Waals surface area contributed by atoms with Crippen LogP contribution in [0, 0.1) is 0 Å². The second-order valence-electron chi connectivity index (χ2n) is 6.20. The van der Waals surface area contributed by atoms with Crippen molar-refractivity contribution in [2.45, 2.75) is 13.0 Å². The van der Waals surface area contributed by atoms with Crippen LogP contribution in [0.4, 0.5) is 11.5 Å². The Hall–Kier alpha value is -3.54. The quantitative estimate of drug-likeness (QED) is 0.633. The summed E-state index contributed by atoms with van der Waals surface area (Å²) in [4.78, 5) is 17.1. The number of benzene rings is 2. The zero-order valence-electron chi connectivity index (χ0n) is 16.1. The average Bonchev–Trinajstić information content (AvgIpc) is 2.75. The van der Waals surface area contributed by atoms with Crippen LogP contribution >= 0.6 is 0 Å². The molecule has 0 fully saturated rings. The van der Waals surface area contributed by atoms with Gasteiger partial charge >= 0.3 is 0 Å². The molecule has 0 aliphatic heterocycles. The van der Waals surface area contributed by atoms with Crippen LogP contribution in [-0.2, 0) is 0 Å². The summed E-state index contributed by atoms with van der Waals surface area (Å²) in [6, 6.07) is 19.1. The number of carbonyl (C=O) groups excluding carboxylic acids is 1. The van der Waals surface area contributed by atoms with Gasteiger partial charge in [0.1, 0.15) is 22.9 Å². The molecule has 0 aliphatic carbocycles. The molecule has 1 amide bonds. The fraction of sp³-hybridized carbons (Fsp3) is 0.182. The van der Waals surface area contributed by atoms with Crippen LogP contribution in [0.1, 0.15) is 28.9 Å². The van der Waals surface area contributed by atoms with Crippen LogP contribution in [0.25, 0.3) is 0 Å². The Bertz CT molecular complexity index is 905. The molecule has 1 unspecified atom stereocenters. The van der Waals surface area contributed by atoms with Crippen molar-refractivity contribution in [1.82, 2.24) is 4.98 Å². The Morgan fingerprint density at radius 3 is 2.18 bits per heavy atom. The van der Waals surface area contributed by atoms with Gasteiger partial charge in [-0.2, -0.15) is 0 Å². The number of methoxy groups -OCH3 is 2. The SMILES string of the molecule is COc1cccc(OC)c1C(=O)Nc1ccc(NC(C)c2ccccc2)nc1. The lowest BCUT2D eigenvalue weighted by Gasteiger charge is -2.15. The van der Waals surface area contributed by atoms with Crippen LogP contribution in [-0.4, -0.2) is 25.1 Å². The van der Waals surface area contributed by atoms with Crippen LogP contribution < -0.4 is 20.1 Å². The molecule has 3 rings (SSSR count).